The third kappa shape index (κ3) is 1.09. The number of hydrogen-bond donors (Lipinski definition) is 1. The third-order valence-electron chi connectivity index (χ3n) is 3.94. The van der Waals surface area contributed by atoms with E-state index in [0.717, 1.165) is 36.1 Å². The Morgan fingerprint density at radius 1 is 1.50 bits per heavy atom. The normalized spacial score (nSPS) is 31.4. The van der Waals surface area contributed by atoms with Gasteiger partial charge in [0.2, 0.25) is 0 Å². The predicted octanol–water partition coefficient (Wildman–Crippen LogP) is 1.86. The highest BCUT2D eigenvalue weighted by Crippen LogP contribution is 2.49. The van der Waals surface area contributed by atoms with Gasteiger partial charge in [-0.15, -0.1) is 0 Å². The molecule has 3 heteroatoms. The molecule has 3 rings (SSSR count). The first-order valence-electron chi connectivity index (χ1n) is 5.66. The van der Waals surface area contributed by atoms with E-state index >= 15 is 0 Å². The quantitative estimate of drug-likeness (QED) is 0.781. The number of carbonyl (C=O) groups excluding carboxylic acids is 1. The van der Waals surface area contributed by atoms with Crippen LogP contribution in [0.25, 0.3) is 0 Å². The van der Waals surface area contributed by atoms with Gasteiger partial charge < -0.3 is 10.5 Å². The van der Waals surface area contributed by atoms with Gasteiger partial charge in [-0.25, -0.2) is 0 Å². The summed E-state index contributed by atoms with van der Waals surface area (Å²) < 4.78 is 5.35. The van der Waals surface area contributed by atoms with Crippen LogP contribution in [-0.2, 0) is 0 Å². The van der Waals surface area contributed by atoms with Gasteiger partial charge in [-0.2, -0.15) is 0 Å². The summed E-state index contributed by atoms with van der Waals surface area (Å²) in [5.41, 5.74) is 7.40. The van der Waals surface area contributed by atoms with Crippen LogP contribution in [0.1, 0.15) is 41.1 Å². The summed E-state index contributed by atoms with van der Waals surface area (Å²) in [5.74, 6) is 1.32. The molecule has 1 aromatic rings. The lowest BCUT2D eigenvalue weighted by atomic mass is 9.77. The Balaban J connectivity index is 2.24. The molecule has 84 valence electrons. The molecule has 0 spiro atoms. The van der Waals surface area contributed by atoms with Crippen LogP contribution in [0.4, 0.5) is 0 Å². The molecule has 1 aromatic carbocycles. The standard InChI is InChI=1S/C13H15NO2/c1-16-10-4-2-3-9-11(10)8-5-6-13(14,7-8)12(9)15/h2-4,8H,5-7,14H2,1H3/t8-,13+/m0/s1. The number of carbonyl (C=O) groups is 1. The SMILES string of the molecule is COc1cccc2c1[C@H]1CC[C@@](N)(C1)C2=O. The highest BCUT2D eigenvalue weighted by atomic mass is 16.5. The second kappa shape index (κ2) is 3.08. The van der Waals surface area contributed by atoms with Crippen molar-refractivity contribution in [2.75, 3.05) is 7.11 Å². The van der Waals surface area contributed by atoms with Gasteiger partial charge in [0.25, 0.3) is 0 Å². The van der Waals surface area contributed by atoms with Crippen molar-refractivity contribution in [3.8, 4) is 5.75 Å². The van der Waals surface area contributed by atoms with Crippen LogP contribution in [-0.4, -0.2) is 18.4 Å². The molecule has 2 atom stereocenters. The lowest BCUT2D eigenvalue weighted by molar-refractivity contribution is 0.0881. The Bertz CT molecular complexity index is 469. The number of benzene rings is 1. The van der Waals surface area contributed by atoms with E-state index in [2.05, 4.69) is 0 Å². The number of fused-ring (bicyclic) bond motifs is 4. The van der Waals surface area contributed by atoms with Crippen molar-refractivity contribution in [2.45, 2.75) is 30.7 Å². The van der Waals surface area contributed by atoms with Crippen molar-refractivity contribution in [1.82, 2.24) is 0 Å². The molecule has 1 saturated carbocycles. The summed E-state index contributed by atoms with van der Waals surface area (Å²) in [4.78, 5) is 12.3. The second-order valence-electron chi connectivity index (χ2n) is 4.85. The van der Waals surface area contributed by atoms with E-state index in [1.165, 1.54) is 0 Å². The summed E-state index contributed by atoms with van der Waals surface area (Å²) in [6.07, 6.45) is 2.57. The maximum atomic E-state index is 12.3. The van der Waals surface area contributed by atoms with Crippen LogP contribution in [0.15, 0.2) is 18.2 Å². The molecule has 0 aromatic heterocycles. The third-order valence-corrected chi connectivity index (χ3v) is 3.94. The Hall–Kier alpha value is -1.35. The molecule has 16 heavy (non-hydrogen) atoms. The number of methoxy groups -OCH3 is 1. The van der Waals surface area contributed by atoms with Gasteiger partial charge in [-0.05, 0) is 31.2 Å². The summed E-state index contributed by atoms with van der Waals surface area (Å²) in [6.45, 7) is 0. The monoisotopic (exact) mass is 217 g/mol. The fraction of sp³-hybridized carbons (Fsp3) is 0.462. The van der Waals surface area contributed by atoms with Gasteiger partial charge in [-0.3, -0.25) is 4.79 Å². The van der Waals surface area contributed by atoms with Crippen molar-refractivity contribution in [3.63, 3.8) is 0 Å². The van der Waals surface area contributed by atoms with E-state index in [9.17, 15) is 4.79 Å². The molecular weight excluding hydrogens is 202 g/mol. The zero-order chi connectivity index (χ0) is 11.3. The number of ketones is 1. The first-order chi connectivity index (χ1) is 7.65. The van der Waals surface area contributed by atoms with Crippen molar-refractivity contribution in [3.05, 3.63) is 29.3 Å². The van der Waals surface area contributed by atoms with Crippen molar-refractivity contribution in [2.24, 2.45) is 5.73 Å². The lowest BCUT2D eigenvalue weighted by Gasteiger charge is -2.30. The molecular formula is C13H15NO2. The minimum Gasteiger partial charge on any atom is -0.496 e. The average molecular weight is 217 g/mol. The Morgan fingerprint density at radius 2 is 2.31 bits per heavy atom. The number of Topliss-reactive ketones (excluding diaryl/α,β-unsaturated/α-hetero) is 1. The van der Waals surface area contributed by atoms with Gasteiger partial charge in [-0.1, -0.05) is 12.1 Å². The van der Waals surface area contributed by atoms with Gasteiger partial charge >= 0.3 is 0 Å². The summed E-state index contributed by atoms with van der Waals surface area (Å²) in [5, 5.41) is 0. The summed E-state index contributed by atoms with van der Waals surface area (Å²) >= 11 is 0. The van der Waals surface area contributed by atoms with Crippen molar-refractivity contribution >= 4 is 5.78 Å². The van der Waals surface area contributed by atoms with Crippen LogP contribution < -0.4 is 10.5 Å². The molecule has 0 aliphatic heterocycles. The molecule has 2 aliphatic rings. The molecule has 2 aliphatic carbocycles. The summed E-state index contributed by atoms with van der Waals surface area (Å²) in [6, 6.07) is 5.66. The van der Waals surface area contributed by atoms with Gasteiger partial charge in [0.15, 0.2) is 5.78 Å². The highest BCUT2D eigenvalue weighted by molar-refractivity contribution is 6.06. The van der Waals surface area contributed by atoms with Crippen LogP contribution in [0.5, 0.6) is 5.75 Å². The first kappa shape index (κ1) is 9.85. The number of nitrogens with two attached hydrogens (primary N) is 1. The van der Waals surface area contributed by atoms with Crippen molar-refractivity contribution in [1.29, 1.82) is 0 Å². The number of rotatable bonds is 1. The van der Waals surface area contributed by atoms with Crippen molar-refractivity contribution < 1.29 is 9.53 Å². The van der Waals surface area contributed by atoms with Gasteiger partial charge in [0, 0.05) is 11.1 Å². The molecule has 0 unspecified atom stereocenters. The second-order valence-corrected chi connectivity index (χ2v) is 4.85. The maximum absolute atomic E-state index is 12.3. The van der Waals surface area contributed by atoms with Gasteiger partial charge in [0.05, 0.1) is 12.6 Å². The summed E-state index contributed by atoms with van der Waals surface area (Å²) in [7, 11) is 1.65. The molecule has 3 nitrogen and oxygen atoms in total. The molecule has 0 radical (unpaired) electrons. The zero-order valence-corrected chi connectivity index (χ0v) is 9.32. The smallest absolute Gasteiger partial charge is 0.183 e. The maximum Gasteiger partial charge on any atom is 0.183 e. The van der Waals surface area contributed by atoms with Gasteiger partial charge in [0.1, 0.15) is 5.75 Å². The molecule has 2 N–H and O–H groups in total. The average Bonchev–Trinajstić information content (AvgIpc) is 2.66. The fourth-order valence-corrected chi connectivity index (χ4v) is 3.14. The Kier molecular flexibility index (Phi) is 1.89. The molecule has 0 amide bonds. The minimum absolute atomic E-state index is 0.0927. The van der Waals surface area contributed by atoms with E-state index in [0.29, 0.717) is 5.92 Å². The minimum atomic E-state index is -0.607. The van der Waals surface area contributed by atoms with E-state index < -0.39 is 5.54 Å². The molecule has 2 bridgehead atoms. The molecule has 0 heterocycles. The van der Waals surface area contributed by atoms with Crippen LogP contribution in [0.2, 0.25) is 0 Å². The zero-order valence-electron chi connectivity index (χ0n) is 9.32. The number of hydrogen-bond acceptors (Lipinski definition) is 3. The van der Waals surface area contributed by atoms with Crippen LogP contribution in [0.3, 0.4) is 0 Å². The van der Waals surface area contributed by atoms with E-state index in [1.807, 2.05) is 18.2 Å². The predicted molar refractivity (Wildman–Crippen MR) is 60.8 cm³/mol. The largest absolute Gasteiger partial charge is 0.496 e. The van der Waals surface area contributed by atoms with E-state index in [-0.39, 0.29) is 5.78 Å². The Labute approximate surface area is 94.6 Å². The molecule has 0 saturated heterocycles. The van der Waals surface area contributed by atoms with E-state index in [4.69, 9.17) is 10.5 Å². The number of ether oxygens (including phenoxy) is 1. The molecule has 1 fully saturated rings. The Morgan fingerprint density at radius 3 is 3.06 bits per heavy atom. The highest BCUT2D eigenvalue weighted by Gasteiger charge is 2.49. The fourth-order valence-electron chi connectivity index (χ4n) is 3.14. The first-order valence-corrected chi connectivity index (χ1v) is 5.66. The van der Waals surface area contributed by atoms with Crippen LogP contribution in [0, 0.1) is 0 Å². The topological polar surface area (TPSA) is 52.3 Å². The van der Waals surface area contributed by atoms with Crippen LogP contribution >= 0.6 is 0 Å². The van der Waals surface area contributed by atoms with E-state index in [1.54, 1.807) is 7.11 Å². The lowest BCUT2D eigenvalue weighted by Crippen LogP contribution is -2.47.